The van der Waals surface area contributed by atoms with Gasteiger partial charge in [0.2, 0.25) is 5.91 Å². The van der Waals surface area contributed by atoms with Gasteiger partial charge in [-0.1, -0.05) is 6.07 Å². The van der Waals surface area contributed by atoms with E-state index in [2.05, 4.69) is 20.4 Å². The van der Waals surface area contributed by atoms with E-state index in [1.807, 2.05) is 6.92 Å². The quantitative estimate of drug-likeness (QED) is 0.344. The third-order valence-corrected chi connectivity index (χ3v) is 3.90. The van der Waals surface area contributed by atoms with Crippen LogP contribution < -0.4 is 15.4 Å². The molecule has 0 atom stereocenters. The molecule has 1 aromatic carbocycles. The highest BCUT2D eigenvalue weighted by molar-refractivity contribution is 14.0. The molecule has 0 saturated carbocycles. The summed E-state index contributed by atoms with van der Waals surface area (Å²) in [6.45, 7) is 0.667. The van der Waals surface area contributed by atoms with E-state index in [0.717, 1.165) is 32.0 Å². The van der Waals surface area contributed by atoms with E-state index < -0.39 is 12.4 Å². The molecule has 0 bridgehead atoms. The zero-order valence-electron chi connectivity index (χ0n) is 15.0. The van der Waals surface area contributed by atoms with Crippen LogP contribution in [-0.2, 0) is 11.3 Å². The number of benzene rings is 1. The first kappa shape index (κ1) is 23.3. The van der Waals surface area contributed by atoms with Gasteiger partial charge in [0.25, 0.3) is 0 Å². The first-order valence-electron chi connectivity index (χ1n) is 8.53. The van der Waals surface area contributed by atoms with Gasteiger partial charge in [-0.2, -0.15) is 8.78 Å². The smallest absolute Gasteiger partial charge is 0.387 e. The molecule has 0 radical (unpaired) electrons. The van der Waals surface area contributed by atoms with Crippen LogP contribution in [0.15, 0.2) is 23.2 Å². The first-order valence-corrected chi connectivity index (χ1v) is 8.53. The van der Waals surface area contributed by atoms with E-state index in [-0.39, 0.29) is 54.3 Å². The van der Waals surface area contributed by atoms with Crippen molar-refractivity contribution in [3.8, 4) is 5.75 Å². The highest BCUT2D eigenvalue weighted by Crippen LogP contribution is 2.24. The van der Waals surface area contributed by atoms with Crippen LogP contribution in [0.25, 0.3) is 0 Å². The van der Waals surface area contributed by atoms with Crippen molar-refractivity contribution in [3.05, 3.63) is 29.6 Å². The average molecular weight is 500 g/mol. The molecule has 1 aliphatic rings. The SMILES string of the molecule is CCNC(=NCc1c(F)cccc1OC(F)F)NCC(=O)N1CCCC1.I. The summed E-state index contributed by atoms with van der Waals surface area (Å²) in [4.78, 5) is 18.0. The number of nitrogens with zero attached hydrogens (tertiary/aromatic N) is 2. The van der Waals surface area contributed by atoms with Gasteiger partial charge in [0.15, 0.2) is 5.96 Å². The lowest BCUT2D eigenvalue weighted by atomic mass is 10.2. The number of carbonyl (C=O) groups excluding carboxylic acids is 1. The molecule has 6 nitrogen and oxygen atoms in total. The Labute approximate surface area is 173 Å². The summed E-state index contributed by atoms with van der Waals surface area (Å²) in [5.74, 6) is -0.685. The first-order chi connectivity index (χ1) is 12.5. The minimum Gasteiger partial charge on any atom is -0.434 e. The number of aliphatic imine (C=N–C) groups is 1. The molecule has 1 aliphatic heterocycles. The number of nitrogens with one attached hydrogen (secondary N) is 2. The molecule has 1 fully saturated rings. The maximum absolute atomic E-state index is 14.0. The predicted molar refractivity (Wildman–Crippen MR) is 107 cm³/mol. The van der Waals surface area contributed by atoms with Gasteiger partial charge < -0.3 is 20.3 Å². The number of carbonyl (C=O) groups is 1. The lowest BCUT2D eigenvalue weighted by Gasteiger charge is -2.17. The van der Waals surface area contributed by atoms with Gasteiger partial charge in [-0.05, 0) is 31.9 Å². The average Bonchev–Trinajstić information content (AvgIpc) is 3.13. The number of guanidine groups is 1. The zero-order valence-corrected chi connectivity index (χ0v) is 17.3. The summed E-state index contributed by atoms with van der Waals surface area (Å²) in [5, 5.41) is 5.82. The Hall–Kier alpha value is -1.72. The van der Waals surface area contributed by atoms with Gasteiger partial charge in [0, 0.05) is 19.6 Å². The van der Waals surface area contributed by atoms with Gasteiger partial charge in [-0.3, -0.25) is 4.79 Å². The summed E-state index contributed by atoms with van der Waals surface area (Å²) < 4.78 is 43.2. The molecule has 0 aliphatic carbocycles. The molecule has 27 heavy (non-hydrogen) atoms. The van der Waals surface area contributed by atoms with Crippen molar-refractivity contribution < 1.29 is 22.7 Å². The third-order valence-electron chi connectivity index (χ3n) is 3.90. The molecule has 0 aromatic heterocycles. The lowest BCUT2D eigenvalue weighted by Crippen LogP contribution is -2.44. The Morgan fingerprint density at radius 2 is 2.00 bits per heavy atom. The standard InChI is InChI=1S/C17H23F3N4O2.HI/c1-2-21-17(23-11-15(25)24-8-3-4-9-24)22-10-12-13(18)6-5-7-14(12)26-16(19)20;/h5-7,16H,2-4,8-11H2,1H3,(H2,21,22,23);1H. The Morgan fingerprint density at radius 3 is 2.63 bits per heavy atom. The second-order valence-electron chi connectivity index (χ2n) is 5.73. The molecule has 0 unspecified atom stereocenters. The summed E-state index contributed by atoms with van der Waals surface area (Å²) in [6.07, 6.45) is 2.00. The fourth-order valence-electron chi connectivity index (χ4n) is 2.64. The van der Waals surface area contributed by atoms with Crippen LogP contribution in [0.3, 0.4) is 0 Å². The van der Waals surface area contributed by atoms with E-state index in [1.165, 1.54) is 12.1 Å². The van der Waals surface area contributed by atoms with Crippen LogP contribution in [0.1, 0.15) is 25.3 Å². The van der Waals surface area contributed by atoms with Crippen LogP contribution >= 0.6 is 24.0 Å². The monoisotopic (exact) mass is 500 g/mol. The molecule has 2 N–H and O–H groups in total. The van der Waals surface area contributed by atoms with E-state index in [0.29, 0.717) is 12.5 Å². The van der Waals surface area contributed by atoms with Crippen LogP contribution in [0.5, 0.6) is 5.75 Å². The number of rotatable bonds is 7. The fraction of sp³-hybridized carbons (Fsp3) is 0.529. The van der Waals surface area contributed by atoms with Crippen molar-refractivity contribution >= 4 is 35.8 Å². The van der Waals surface area contributed by atoms with Crippen LogP contribution in [0.2, 0.25) is 0 Å². The second-order valence-corrected chi connectivity index (χ2v) is 5.73. The largest absolute Gasteiger partial charge is 0.434 e. The van der Waals surface area contributed by atoms with Gasteiger partial charge in [-0.15, -0.1) is 24.0 Å². The molecule has 1 heterocycles. The van der Waals surface area contributed by atoms with E-state index in [9.17, 15) is 18.0 Å². The van der Waals surface area contributed by atoms with E-state index in [4.69, 9.17) is 0 Å². The highest BCUT2D eigenvalue weighted by atomic mass is 127. The van der Waals surface area contributed by atoms with Crippen LogP contribution in [-0.4, -0.2) is 49.6 Å². The molecule has 1 amide bonds. The van der Waals surface area contributed by atoms with Crippen molar-refractivity contribution in [2.24, 2.45) is 4.99 Å². The molecule has 0 spiro atoms. The zero-order chi connectivity index (χ0) is 18.9. The van der Waals surface area contributed by atoms with Crippen molar-refractivity contribution in [2.75, 3.05) is 26.2 Å². The van der Waals surface area contributed by atoms with Gasteiger partial charge >= 0.3 is 6.61 Å². The maximum atomic E-state index is 14.0. The number of hydrogen-bond donors (Lipinski definition) is 2. The molecule has 1 aromatic rings. The Balaban J connectivity index is 0.00000364. The topological polar surface area (TPSA) is 66.0 Å². The highest BCUT2D eigenvalue weighted by Gasteiger charge is 2.18. The van der Waals surface area contributed by atoms with Crippen LogP contribution in [0.4, 0.5) is 13.2 Å². The summed E-state index contributed by atoms with van der Waals surface area (Å²) >= 11 is 0. The Bertz CT molecular complexity index is 641. The number of hydrogen-bond acceptors (Lipinski definition) is 3. The number of amides is 1. The second kappa shape index (κ2) is 11.9. The number of ether oxygens (including phenoxy) is 1. The molecular formula is C17H24F3IN4O2. The van der Waals surface area contributed by atoms with Gasteiger partial charge in [0.1, 0.15) is 11.6 Å². The van der Waals surface area contributed by atoms with Crippen molar-refractivity contribution in [1.29, 1.82) is 0 Å². The van der Waals surface area contributed by atoms with E-state index in [1.54, 1.807) is 4.90 Å². The Morgan fingerprint density at radius 1 is 1.30 bits per heavy atom. The van der Waals surface area contributed by atoms with Crippen molar-refractivity contribution in [2.45, 2.75) is 32.9 Å². The molecule has 10 heteroatoms. The summed E-state index contributed by atoms with van der Waals surface area (Å²) in [6, 6.07) is 3.70. The van der Waals surface area contributed by atoms with Crippen molar-refractivity contribution in [1.82, 2.24) is 15.5 Å². The van der Waals surface area contributed by atoms with Gasteiger partial charge in [0.05, 0.1) is 18.7 Å². The van der Waals surface area contributed by atoms with Crippen molar-refractivity contribution in [3.63, 3.8) is 0 Å². The number of alkyl halides is 2. The Kier molecular flexibility index (Phi) is 10.3. The fourth-order valence-corrected chi connectivity index (χ4v) is 2.64. The minimum atomic E-state index is -3.05. The molecule has 2 rings (SSSR count). The third kappa shape index (κ3) is 7.43. The minimum absolute atomic E-state index is 0. The summed E-state index contributed by atoms with van der Waals surface area (Å²) in [7, 11) is 0. The molecule has 1 saturated heterocycles. The van der Waals surface area contributed by atoms with E-state index >= 15 is 0 Å². The summed E-state index contributed by atoms with van der Waals surface area (Å²) in [5.41, 5.74) is -0.0733. The number of halogens is 4. The molecular weight excluding hydrogens is 476 g/mol. The molecule has 152 valence electrons. The lowest BCUT2D eigenvalue weighted by molar-refractivity contribution is -0.128. The normalized spacial score (nSPS) is 14.1. The maximum Gasteiger partial charge on any atom is 0.387 e. The van der Waals surface area contributed by atoms with Crippen LogP contribution in [0, 0.1) is 5.82 Å². The van der Waals surface area contributed by atoms with Gasteiger partial charge in [-0.25, -0.2) is 9.38 Å². The number of likely N-dealkylation sites (tertiary alicyclic amines) is 1. The predicted octanol–water partition coefficient (Wildman–Crippen LogP) is 2.72.